The maximum Gasteiger partial charge on any atom is 0.254 e. The Morgan fingerprint density at radius 1 is 1.18 bits per heavy atom. The number of carbonyl (C=O) groups excluding carboxylic acids is 3. The van der Waals surface area contributed by atoms with Crippen molar-refractivity contribution in [1.82, 2.24) is 14.8 Å². The van der Waals surface area contributed by atoms with Gasteiger partial charge in [0, 0.05) is 43.4 Å². The molecule has 34 heavy (non-hydrogen) atoms. The van der Waals surface area contributed by atoms with Crippen LogP contribution in [-0.2, 0) is 15.3 Å². The Balaban J connectivity index is 1.41. The fraction of sp³-hybridized carbons (Fsp3) is 0.440. The average Bonchev–Trinajstić information content (AvgIpc) is 3.63. The molecule has 1 aliphatic carbocycles. The summed E-state index contributed by atoms with van der Waals surface area (Å²) < 4.78 is 1.02. The molecule has 1 aromatic heterocycles. The normalized spacial score (nSPS) is 16.2. The number of nitrogens with zero attached hydrogens (tertiary/aromatic N) is 3. The van der Waals surface area contributed by atoms with Gasteiger partial charge in [-0.25, -0.2) is 4.98 Å². The summed E-state index contributed by atoms with van der Waals surface area (Å²) in [6.45, 7) is 9.90. The highest BCUT2D eigenvalue weighted by molar-refractivity contribution is 8.00. The second kappa shape index (κ2) is 10.7. The van der Waals surface area contributed by atoms with E-state index in [0.29, 0.717) is 37.1 Å². The molecule has 1 saturated heterocycles. The second-order valence-corrected chi connectivity index (χ2v) is 11.1. The van der Waals surface area contributed by atoms with E-state index in [1.54, 1.807) is 22.9 Å². The van der Waals surface area contributed by atoms with Crippen LogP contribution in [0.15, 0.2) is 35.2 Å². The molecule has 3 amide bonds. The molecule has 2 aliphatic rings. The maximum absolute atomic E-state index is 13.4. The van der Waals surface area contributed by atoms with Crippen LogP contribution < -0.4 is 5.32 Å². The number of hydrogen-bond acceptors (Lipinski definition) is 6. The smallest absolute Gasteiger partial charge is 0.254 e. The molecule has 0 unspecified atom stereocenters. The highest BCUT2D eigenvalue weighted by Crippen LogP contribution is 2.34. The molecule has 0 radical (unpaired) electrons. The molecule has 1 aromatic carbocycles. The van der Waals surface area contributed by atoms with E-state index in [-0.39, 0.29) is 23.6 Å². The third-order valence-electron chi connectivity index (χ3n) is 6.27. The Bertz CT molecular complexity index is 1110. The summed E-state index contributed by atoms with van der Waals surface area (Å²) in [7, 11) is 0. The van der Waals surface area contributed by atoms with E-state index < -0.39 is 0 Å². The number of aryl methyl sites for hydroxylation is 1. The summed E-state index contributed by atoms with van der Waals surface area (Å²) in [5, 5.41) is 3.53. The first kappa shape index (κ1) is 24.5. The topological polar surface area (TPSA) is 82.6 Å². The molecular formula is C25H30N4O3S2. The maximum atomic E-state index is 13.4. The summed E-state index contributed by atoms with van der Waals surface area (Å²) in [6.07, 6.45) is 5.81. The number of anilines is 1. The number of rotatable bonds is 7. The van der Waals surface area contributed by atoms with Crippen molar-refractivity contribution in [3.05, 3.63) is 53.2 Å². The zero-order chi connectivity index (χ0) is 24.2. The van der Waals surface area contributed by atoms with Crippen LogP contribution in [0.2, 0.25) is 0 Å². The van der Waals surface area contributed by atoms with Crippen LogP contribution in [0.1, 0.15) is 46.3 Å². The van der Waals surface area contributed by atoms with Crippen molar-refractivity contribution in [3.63, 3.8) is 0 Å². The molecule has 2 heterocycles. The lowest BCUT2D eigenvalue weighted by atomic mass is 9.99. The van der Waals surface area contributed by atoms with E-state index in [0.717, 1.165) is 45.7 Å². The lowest BCUT2D eigenvalue weighted by molar-refractivity contribution is -0.125. The van der Waals surface area contributed by atoms with E-state index in [2.05, 4.69) is 22.9 Å². The standard InChI is InChI=1S/C25H30N4O3S2/c1-4-21(30)28-8-5-9-29(11-10-28)24(32)20-13-18(12-16(2)17(20)3)15-33-22-14-26-25(34-22)27-23(31)19-6-7-19/h4,12-14,19H,1,5-11,15H2,2-3H3,(H,26,27,31). The van der Waals surface area contributed by atoms with Crippen LogP contribution in [0, 0.1) is 19.8 Å². The van der Waals surface area contributed by atoms with Crippen molar-refractivity contribution in [2.24, 2.45) is 5.92 Å². The largest absolute Gasteiger partial charge is 0.337 e. The number of aromatic nitrogens is 1. The molecule has 1 aliphatic heterocycles. The minimum absolute atomic E-state index is 0.0169. The van der Waals surface area contributed by atoms with E-state index in [9.17, 15) is 14.4 Å². The Morgan fingerprint density at radius 3 is 2.65 bits per heavy atom. The van der Waals surface area contributed by atoms with Crippen LogP contribution in [0.5, 0.6) is 0 Å². The highest BCUT2D eigenvalue weighted by Gasteiger charge is 2.30. The van der Waals surface area contributed by atoms with Gasteiger partial charge in [0.15, 0.2) is 5.13 Å². The number of nitrogens with one attached hydrogen (secondary N) is 1. The van der Waals surface area contributed by atoms with E-state index >= 15 is 0 Å². The van der Waals surface area contributed by atoms with Crippen LogP contribution in [0.3, 0.4) is 0 Å². The van der Waals surface area contributed by atoms with Gasteiger partial charge in [0.05, 0.1) is 10.4 Å². The summed E-state index contributed by atoms with van der Waals surface area (Å²) >= 11 is 3.13. The van der Waals surface area contributed by atoms with E-state index in [1.807, 2.05) is 24.8 Å². The fourth-order valence-electron chi connectivity index (χ4n) is 3.97. The Kier molecular flexibility index (Phi) is 7.73. The third-order valence-corrected chi connectivity index (χ3v) is 8.45. The predicted octanol–water partition coefficient (Wildman–Crippen LogP) is 4.26. The van der Waals surface area contributed by atoms with Gasteiger partial charge < -0.3 is 15.1 Å². The molecule has 2 fully saturated rings. The van der Waals surface area contributed by atoms with E-state index in [4.69, 9.17) is 0 Å². The molecular weight excluding hydrogens is 468 g/mol. The number of hydrogen-bond donors (Lipinski definition) is 1. The Morgan fingerprint density at radius 2 is 1.91 bits per heavy atom. The monoisotopic (exact) mass is 498 g/mol. The van der Waals surface area contributed by atoms with Crippen molar-refractivity contribution in [1.29, 1.82) is 0 Å². The van der Waals surface area contributed by atoms with Gasteiger partial charge in [-0.05, 0) is 61.9 Å². The Hall–Kier alpha value is -2.65. The van der Waals surface area contributed by atoms with Crippen LogP contribution in [-0.4, -0.2) is 58.7 Å². The van der Waals surface area contributed by atoms with Gasteiger partial charge in [0.1, 0.15) is 0 Å². The van der Waals surface area contributed by atoms with E-state index in [1.165, 1.54) is 17.4 Å². The van der Waals surface area contributed by atoms with Gasteiger partial charge in [-0.1, -0.05) is 24.0 Å². The van der Waals surface area contributed by atoms with Crippen molar-refractivity contribution < 1.29 is 14.4 Å². The molecule has 1 saturated carbocycles. The van der Waals surface area contributed by atoms with Gasteiger partial charge in [-0.2, -0.15) is 0 Å². The summed E-state index contributed by atoms with van der Waals surface area (Å²) in [5.74, 6) is 0.859. The van der Waals surface area contributed by atoms with Crippen LogP contribution in [0.4, 0.5) is 5.13 Å². The van der Waals surface area contributed by atoms with Gasteiger partial charge >= 0.3 is 0 Å². The van der Waals surface area contributed by atoms with Gasteiger partial charge in [0.2, 0.25) is 11.8 Å². The predicted molar refractivity (Wildman–Crippen MR) is 136 cm³/mol. The van der Waals surface area contributed by atoms with Gasteiger partial charge in [0.25, 0.3) is 5.91 Å². The molecule has 2 aromatic rings. The first-order valence-corrected chi connectivity index (χ1v) is 13.4. The number of thioether (sulfide) groups is 1. The molecule has 1 N–H and O–H groups in total. The average molecular weight is 499 g/mol. The number of carbonyl (C=O) groups is 3. The minimum Gasteiger partial charge on any atom is -0.337 e. The van der Waals surface area contributed by atoms with Crippen LogP contribution in [0.25, 0.3) is 0 Å². The van der Waals surface area contributed by atoms with Gasteiger partial charge in [-0.15, -0.1) is 11.8 Å². The molecule has 0 spiro atoms. The summed E-state index contributed by atoms with van der Waals surface area (Å²) in [6, 6.07) is 4.12. The molecule has 0 bridgehead atoms. The number of amides is 3. The first-order chi connectivity index (χ1) is 16.4. The molecule has 180 valence electrons. The zero-order valence-electron chi connectivity index (χ0n) is 19.6. The van der Waals surface area contributed by atoms with Gasteiger partial charge in [-0.3, -0.25) is 14.4 Å². The van der Waals surface area contributed by atoms with Crippen molar-refractivity contribution in [2.45, 2.75) is 43.1 Å². The zero-order valence-corrected chi connectivity index (χ0v) is 21.3. The summed E-state index contributed by atoms with van der Waals surface area (Å²) in [4.78, 5) is 45.2. The van der Waals surface area contributed by atoms with Crippen molar-refractivity contribution in [3.8, 4) is 0 Å². The fourth-order valence-corrected chi connectivity index (χ4v) is 5.78. The molecule has 0 atom stereocenters. The Labute approximate surface area is 208 Å². The molecule has 4 rings (SSSR count). The summed E-state index contributed by atoms with van der Waals surface area (Å²) in [5.41, 5.74) is 3.87. The first-order valence-electron chi connectivity index (χ1n) is 11.6. The third kappa shape index (κ3) is 5.88. The van der Waals surface area contributed by atoms with Crippen LogP contribution >= 0.6 is 23.1 Å². The number of thiazole rings is 1. The lowest BCUT2D eigenvalue weighted by Crippen LogP contribution is -2.37. The molecule has 7 nitrogen and oxygen atoms in total. The SMILES string of the molecule is C=CC(=O)N1CCCN(C(=O)c2cc(CSc3cnc(NC(=O)C4CC4)s3)cc(C)c2C)CC1. The molecule has 9 heteroatoms. The highest BCUT2D eigenvalue weighted by atomic mass is 32.2. The lowest BCUT2D eigenvalue weighted by Gasteiger charge is -2.23. The number of benzene rings is 1. The van der Waals surface area contributed by atoms with Crippen molar-refractivity contribution >= 4 is 46.0 Å². The van der Waals surface area contributed by atoms with Crippen molar-refractivity contribution in [2.75, 3.05) is 31.5 Å². The minimum atomic E-state index is -0.0846. The second-order valence-electron chi connectivity index (χ2n) is 8.80. The quantitative estimate of drug-likeness (QED) is 0.456.